The third-order valence-electron chi connectivity index (χ3n) is 4.17. The van der Waals surface area contributed by atoms with E-state index in [9.17, 15) is 18.4 Å². The average Bonchev–Trinajstić information content (AvgIpc) is 2.73. The number of rotatable bonds is 7. The maximum Gasteiger partial charge on any atom is 0.310 e. The van der Waals surface area contributed by atoms with E-state index >= 15 is 0 Å². The highest BCUT2D eigenvalue weighted by Gasteiger charge is 2.11. The van der Waals surface area contributed by atoms with Crippen LogP contribution in [-0.2, 0) is 16.0 Å². The molecule has 0 fully saturated rings. The van der Waals surface area contributed by atoms with E-state index in [1.54, 1.807) is 49.4 Å². The molecule has 0 unspecified atom stereocenters. The Labute approximate surface area is 182 Å². The number of carbonyl (C=O) groups is 2. The Bertz CT molecular complexity index is 1100. The fraction of sp³-hybridized carbons (Fsp3) is 0.130. The molecule has 0 saturated heterocycles. The predicted octanol–water partition coefficient (Wildman–Crippen LogP) is 5.77. The lowest BCUT2D eigenvalue weighted by Crippen LogP contribution is -2.12. The Kier molecular flexibility index (Phi) is 7.20. The molecule has 0 aliphatic rings. The molecule has 1 N–H and O–H groups in total. The average molecular weight is 446 g/mol. The number of hydrogen-bond donors (Lipinski definition) is 1. The summed E-state index contributed by atoms with van der Waals surface area (Å²) in [6.45, 7) is 2.05. The van der Waals surface area contributed by atoms with E-state index in [0.717, 1.165) is 12.1 Å². The fourth-order valence-electron chi connectivity index (χ4n) is 2.69. The first-order chi connectivity index (χ1) is 14.9. The number of ether oxygens (including phenoxy) is 2. The van der Waals surface area contributed by atoms with Crippen LogP contribution >= 0.6 is 11.6 Å². The van der Waals surface area contributed by atoms with Crippen LogP contribution in [0.4, 0.5) is 14.5 Å². The zero-order valence-electron chi connectivity index (χ0n) is 16.5. The molecule has 1 amide bonds. The summed E-state index contributed by atoms with van der Waals surface area (Å²) in [4.78, 5) is 23.7. The van der Waals surface area contributed by atoms with Crippen LogP contribution in [0.5, 0.6) is 11.5 Å². The number of nitrogens with one attached hydrogen (secondary N) is 1. The number of esters is 1. The van der Waals surface area contributed by atoms with E-state index < -0.39 is 17.5 Å². The summed E-state index contributed by atoms with van der Waals surface area (Å²) in [5.74, 6) is -2.17. The quantitative estimate of drug-likeness (QED) is 0.469. The van der Waals surface area contributed by atoms with Crippen LogP contribution in [0, 0.1) is 11.6 Å². The molecular weight excluding hydrogens is 428 g/mol. The van der Waals surface area contributed by atoms with Crippen LogP contribution in [0.2, 0.25) is 5.02 Å². The molecule has 160 valence electrons. The zero-order chi connectivity index (χ0) is 22.4. The second kappa shape index (κ2) is 10.0. The summed E-state index contributed by atoms with van der Waals surface area (Å²) in [5, 5.41) is 2.92. The molecular formula is C23H18ClF2NO4. The molecule has 5 nitrogen and oxygen atoms in total. The van der Waals surface area contributed by atoms with Crippen LogP contribution in [0.15, 0.2) is 60.7 Å². The minimum atomic E-state index is -1.10. The van der Waals surface area contributed by atoms with Crippen molar-refractivity contribution in [2.45, 2.75) is 13.3 Å². The topological polar surface area (TPSA) is 64.6 Å². The van der Waals surface area contributed by atoms with Gasteiger partial charge in [-0.05, 0) is 67.1 Å². The molecule has 0 spiro atoms. The summed E-state index contributed by atoms with van der Waals surface area (Å²) >= 11 is 6.24. The largest absolute Gasteiger partial charge is 0.466 e. The van der Waals surface area contributed by atoms with Crippen molar-refractivity contribution in [2.75, 3.05) is 11.9 Å². The van der Waals surface area contributed by atoms with Gasteiger partial charge in [-0.15, -0.1) is 0 Å². The number of carbonyl (C=O) groups excluding carboxylic acids is 2. The van der Waals surface area contributed by atoms with Gasteiger partial charge in [0.25, 0.3) is 5.91 Å². The highest BCUT2D eigenvalue weighted by Crippen LogP contribution is 2.31. The van der Waals surface area contributed by atoms with Crippen molar-refractivity contribution in [1.82, 2.24) is 0 Å². The minimum Gasteiger partial charge on any atom is -0.466 e. The first-order valence-electron chi connectivity index (χ1n) is 9.34. The van der Waals surface area contributed by atoms with Crippen LogP contribution < -0.4 is 10.1 Å². The molecule has 0 radical (unpaired) electrons. The van der Waals surface area contributed by atoms with Gasteiger partial charge in [0.1, 0.15) is 11.5 Å². The molecule has 0 aliphatic carbocycles. The van der Waals surface area contributed by atoms with Gasteiger partial charge in [0.15, 0.2) is 11.6 Å². The molecule has 0 bridgehead atoms. The first kappa shape index (κ1) is 22.2. The fourth-order valence-corrected chi connectivity index (χ4v) is 2.93. The van der Waals surface area contributed by atoms with E-state index in [2.05, 4.69) is 5.32 Å². The van der Waals surface area contributed by atoms with Crippen molar-refractivity contribution < 1.29 is 27.8 Å². The molecule has 31 heavy (non-hydrogen) atoms. The van der Waals surface area contributed by atoms with E-state index in [1.165, 1.54) is 6.07 Å². The lowest BCUT2D eigenvalue weighted by Gasteiger charge is -2.10. The van der Waals surface area contributed by atoms with E-state index in [-0.39, 0.29) is 18.0 Å². The molecule has 0 aliphatic heterocycles. The van der Waals surface area contributed by atoms with Gasteiger partial charge in [-0.3, -0.25) is 9.59 Å². The normalized spacial score (nSPS) is 10.5. The molecule has 3 aromatic carbocycles. The monoisotopic (exact) mass is 445 g/mol. The number of hydrogen-bond acceptors (Lipinski definition) is 4. The summed E-state index contributed by atoms with van der Waals surface area (Å²) in [5.41, 5.74) is 1.14. The Hall–Kier alpha value is -3.45. The Morgan fingerprint density at radius 3 is 2.35 bits per heavy atom. The van der Waals surface area contributed by atoms with E-state index in [4.69, 9.17) is 21.1 Å². The minimum absolute atomic E-state index is 0.00563. The van der Waals surface area contributed by atoms with Gasteiger partial charge in [-0.25, -0.2) is 8.78 Å². The first-order valence-corrected chi connectivity index (χ1v) is 9.72. The van der Waals surface area contributed by atoms with Gasteiger partial charge in [0.2, 0.25) is 0 Å². The van der Waals surface area contributed by atoms with Gasteiger partial charge in [0.05, 0.1) is 18.1 Å². The molecule has 8 heteroatoms. The molecule has 3 aromatic rings. The highest BCUT2D eigenvalue weighted by atomic mass is 35.5. The highest BCUT2D eigenvalue weighted by molar-refractivity contribution is 6.32. The SMILES string of the molecule is CCOC(=O)Cc1ccc(Oc2ccc(NC(=O)c3ccc(F)c(F)c3)cc2)c(Cl)c1. The van der Waals surface area contributed by atoms with Crippen LogP contribution in [-0.4, -0.2) is 18.5 Å². The summed E-state index contributed by atoms with van der Waals surface area (Å²) < 4.78 is 36.9. The van der Waals surface area contributed by atoms with Gasteiger partial charge in [0, 0.05) is 11.3 Å². The van der Waals surface area contributed by atoms with Gasteiger partial charge in [-0.2, -0.15) is 0 Å². The third kappa shape index (κ3) is 6.02. The van der Waals surface area contributed by atoms with Crippen molar-refractivity contribution in [2.24, 2.45) is 0 Å². The van der Waals surface area contributed by atoms with Gasteiger partial charge >= 0.3 is 5.97 Å². The smallest absolute Gasteiger partial charge is 0.310 e. The molecule has 3 rings (SSSR count). The van der Waals surface area contributed by atoms with Crippen LogP contribution in [0.1, 0.15) is 22.8 Å². The molecule has 0 saturated carbocycles. The lowest BCUT2D eigenvalue weighted by molar-refractivity contribution is -0.142. The summed E-state index contributed by atoms with van der Waals surface area (Å²) in [6.07, 6.45) is 0.111. The van der Waals surface area contributed by atoms with Crippen molar-refractivity contribution in [3.05, 3.63) is 88.4 Å². The lowest BCUT2D eigenvalue weighted by atomic mass is 10.1. The number of amides is 1. The third-order valence-corrected chi connectivity index (χ3v) is 4.47. The number of anilines is 1. The molecule has 0 atom stereocenters. The van der Waals surface area contributed by atoms with Gasteiger partial charge < -0.3 is 14.8 Å². The molecule has 0 aromatic heterocycles. The summed E-state index contributed by atoms with van der Waals surface area (Å²) in [7, 11) is 0. The molecule has 0 heterocycles. The van der Waals surface area contributed by atoms with Crippen molar-refractivity contribution in [3.8, 4) is 11.5 Å². The zero-order valence-corrected chi connectivity index (χ0v) is 17.2. The second-order valence-corrected chi connectivity index (χ2v) is 6.86. The predicted molar refractivity (Wildman–Crippen MR) is 113 cm³/mol. The second-order valence-electron chi connectivity index (χ2n) is 6.46. The standard InChI is InChI=1S/C23H18ClF2NO4/c1-2-30-22(28)12-14-3-10-21(18(24)11-14)31-17-7-5-16(6-8-17)27-23(29)15-4-9-19(25)20(26)13-15/h3-11,13H,2,12H2,1H3,(H,27,29). The Balaban J connectivity index is 1.63. The van der Waals surface area contributed by atoms with E-state index in [1.807, 2.05) is 0 Å². The van der Waals surface area contributed by atoms with Crippen molar-refractivity contribution in [1.29, 1.82) is 0 Å². The van der Waals surface area contributed by atoms with Crippen LogP contribution in [0.25, 0.3) is 0 Å². The number of halogens is 3. The van der Waals surface area contributed by atoms with Crippen molar-refractivity contribution >= 4 is 29.2 Å². The maximum absolute atomic E-state index is 13.3. The van der Waals surface area contributed by atoms with Crippen LogP contribution in [0.3, 0.4) is 0 Å². The summed E-state index contributed by atoms with van der Waals surface area (Å²) in [6, 6.07) is 14.3. The maximum atomic E-state index is 13.3. The van der Waals surface area contributed by atoms with E-state index in [0.29, 0.717) is 34.4 Å². The van der Waals surface area contributed by atoms with Crippen molar-refractivity contribution in [3.63, 3.8) is 0 Å². The Morgan fingerprint density at radius 2 is 1.71 bits per heavy atom. The van der Waals surface area contributed by atoms with Gasteiger partial charge in [-0.1, -0.05) is 17.7 Å². The Morgan fingerprint density at radius 1 is 0.968 bits per heavy atom. The number of benzene rings is 3.